The van der Waals surface area contributed by atoms with Crippen molar-refractivity contribution in [2.75, 3.05) is 12.1 Å². The summed E-state index contributed by atoms with van der Waals surface area (Å²) in [5, 5.41) is 8.41. The van der Waals surface area contributed by atoms with E-state index in [0.717, 1.165) is 5.56 Å². The highest BCUT2D eigenvalue weighted by molar-refractivity contribution is 6.40. The Balaban J connectivity index is 1.81. The number of hydrogen-bond acceptors (Lipinski definition) is 6. The third-order valence-electron chi connectivity index (χ3n) is 4.86. The Labute approximate surface area is 187 Å². The minimum absolute atomic E-state index is 0.0368. The molecule has 0 unspecified atom stereocenters. The second-order valence-corrected chi connectivity index (χ2v) is 7.63. The highest BCUT2D eigenvalue weighted by Gasteiger charge is 2.28. The molecule has 3 rings (SSSR count). The van der Waals surface area contributed by atoms with Gasteiger partial charge in [0.1, 0.15) is 11.5 Å². The molecule has 2 amide bonds. The molecular formula is C24H27N3O5. The topological polar surface area (TPSA) is 97.3 Å². The maximum Gasteiger partial charge on any atom is 0.308 e. The number of amides is 2. The molecule has 8 nitrogen and oxygen atoms in total. The molecule has 1 N–H and O–H groups in total. The molecule has 0 spiro atoms. The molecule has 1 aliphatic heterocycles. The Morgan fingerprint density at radius 3 is 2.38 bits per heavy atom. The highest BCUT2D eigenvalue weighted by Crippen LogP contribution is 2.23. The predicted molar refractivity (Wildman–Crippen MR) is 120 cm³/mol. The van der Waals surface area contributed by atoms with Gasteiger partial charge < -0.3 is 14.8 Å². The molecule has 1 heterocycles. The molecule has 2 aromatic carbocycles. The average Bonchev–Trinajstić information content (AvgIpc) is 2.79. The number of hydrazone groups is 1. The first-order chi connectivity index (χ1) is 15.4. The minimum atomic E-state index is -0.620. The molecule has 168 valence electrons. The van der Waals surface area contributed by atoms with E-state index in [4.69, 9.17) is 9.47 Å². The van der Waals surface area contributed by atoms with Gasteiger partial charge in [-0.05, 0) is 43.7 Å². The van der Waals surface area contributed by atoms with Crippen LogP contribution in [0.4, 0.5) is 5.69 Å². The Hall–Kier alpha value is -3.68. The van der Waals surface area contributed by atoms with Crippen LogP contribution in [0.3, 0.4) is 0 Å². The summed E-state index contributed by atoms with van der Waals surface area (Å²) in [6.07, 6.45) is 0.0943. The van der Waals surface area contributed by atoms with E-state index in [2.05, 4.69) is 10.4 Å². The number of ether oxygens (including phenoxy) is 2. The van der Waals surface area contributed by atoms with E-state index in [1.807, 2.05) is 6.07 Å². The summed E-state index contributed by atoms with van der Waals surface area (Å²) in [4.78, 5) is 37.7. The van der Waals surface area contributed by atoms with Gasteiger partial charge in [-0.2, -0.15) is 5.10 Å². The number of benzene rings is 2. The van der Waals surface area contributed by atoms with Crippen molar-refractivity contribution in [2.24, 2.45) is 5.10 Å². The second-order valence-electron chi connectivity index (χ2n) is 7.63. The summed E-state index contributed by atoms with van der Waals surface area (Å²) in [5.41, 5.74) is 1.55. The van der Waals surface area contributed by atoms with Gasteiger partial charge in [-0.1, -0.05) is 30.3 Å². The van der Waals surface area contributed by atoms with E-state index in [0.29, 0.717) is 11.4 Å². The van der Waals surface area contributed by atoms with Crippen LogP contribution in [0.5, 0.6) is 5.75 Å². The zero-order chi connectivity index (χ0) is 23.1. The molecule has 0 radical (unpaired) electrons. The Bertz CT molecular complexity index is 986. The van der Waals surface area contributed by atoms with Crippen molar-refractivity contribution in [1.29, 1.82) is 0 Å². The van der Waals surface area contributed by atoms with Crippen molar-refractivity contribution in [3.63, 3.8) is 0 Å². The molecule has 8 heteroatoms. The third kappa shape index (κ3) is 5.94. The summed E-state index contributed by atoms with van der Waals surface area (Å²) in [5.74, 6) is -0.374. The van der Waals surface area contributed by atoms with E-state index in [1.54, 1.807) is 69.5 Å². The van der Waals surface area contributed by atoms with Crippen molar-refractivity contribution < 1.29 is 23.9 Å². The number of rotatable bonds is 8. The summed E-state index contributed by atoms with van der Waals surface area (Å²) in [6.45, 7) is 3.54. The van der Waals surface area contributed by atoms with Gasteiger partial charge >= 0.3 is 5.97 Å². The predicted octanol–water partition coefficient (Wildman–Crippen LogP) is 3.38. The van der Waals surface area contributed by atoms with Gasteiger partial charge in [0.2, 0.25) is 5.91 Å². The van der Waals surface area contributed by atoms with Gasteiger partial charge in [0.15, 0.2) is 0 Å². The quantitative estimate of drug-likeness (QED) is 0.639. The van der Waals surface area contributed by atoms with Gasteiger partial charge in [0, 0.05) is 12.8 Å². The first kappa shape index (κ1) is 23.0. The fourth-order valence-corrected chi connectivity index (χ4v) is 3.30. The van der Waals surface area contributed by atoms with Gasteiger partial charge in [-0.3, -0.25) is 14.4 Å². The molecular weight excluding hydrogens is 410 g/mol. The number of hydrogen-bond donors (Lipinski definition) is 1. The lowest BCUT2D eigenvalue weighted by Gasteiger charge is -2.25. The SMILES string of the molecule is COc1ccc([C@H](CC(=O)OC(C)C)NC(=O)C2=NN(c3ccccc3)C(=O)CC2)cc1. The molecule has 0 saturated carbocycles. The molecule has 0 saturated heterocycles. The molecule has 0 fully saturated rings. The van der Waals surface area contributed by atoms with Crippen molar-refractivity contribution >= 4 is 29.2 Å². The molecule has 32 heavy (non-hydrogen) atoms. The van der Waals surface area contributed by atoms with Crippen molar-refractivity contribution in [3.05, 3.63) is 60.2 Å². The van der Waals surface area contributed by atoms with E-state index in [-0.39, 0.29) is 37.0 Å². The summed E-state index contributed by atoms with van der Waals surface area (Å²) < 4.78 is 10.5. The lowest BCUT2D eigenvalue weighted by molar-refractivity contribution is -0.148. The standard InChI is InChI=1S/C24H27N3O5/c1-16(2)32-23(29)15-21(17-9-11-19(31-3)12-10-17)25-24(30)20-13-14-22(28)27(26-20)18-7-5-4-6-8-18/h4-12,16,21H,13-15H2,1-3H3,(H,25,30)/t21-/m0/s1. The lowest BCUT2D eigenvalue weighted by Crippen LogP contribution is -2.41. The van der Waals surface area contributed by atoms with Crippen LogP contribution >= 0.6 is 0 Å². The third-order valence-corrected chi connectivity index (χ3v) is 4.86. The summed E-state index contributed by atoms with van der Waals surface area (Å²) >= 11 is 0. The number of nitrogens with one attached hydrogen (secondary N) is 1. The van der Waals surface area contributed by atoms with Crippen LogP contribution in [0, 0.1) is 0 Å². The number of carbonyl (C=O) groups excluding carboxylic acids is 3. The summed E-state index contributed by atoms with van der Waals surface area (Å²) in [7, 11) is 1.56. The zero-order valence-corrected chi connectivity index (χ0v) is 18.4. The normalized spacial score (nSPS) is 14.6. The zero-order valence-electron chi connectivity index (χ0n) is 18.4. The number of nitrogens with zero attached hydrogens (tertiary/aromatic N) is 2. The molecule has 1 atom stereocenters. The molecule has 2 aromatic rings. The first-order valence-corrected chi connectivity index (χ1v) is 10.5. The van der Waals surface area contributed by atoms with Crippen LogP contribution < -0.4 is 15.1 Å². The maximum absolute atomic E-state index is 13.0. The lowest BCUT2D eigenvalue weighted by atomic mass is 10.0. The van der Waals surface area contributed by atoms with E-state index in [9.17, 15) is 14.4 Å². The number of methoxy groups -OCH3 is 1. The second kappa shape index (κ2) is 10.6. The van der Waals surface area contributed by atoms with Crippen LogP contribution in [-0.2, 0) is 19.1 Å². The van der Waals surface area contributed by atoms with Crippen LogP contribution in [0.2, 0.25) is 0 Å². The van der Waals surface area contributed by atoms with Crippen LogP contribution in [-0.4, -0.2) is 36.7 Å². The van der Waals surface area contributed by atoms with Crippen molar-refractivity contribution in [1.82, 2.24) is 5.32 Å². The fraction of sp³-hybridized carbons (Fsp3) is 0.333. The van der Waals surface area contributed by atoms with Crippen LogP contribution in [0.1, 0.15) is 44.7 Å². The largest absolute Gasteiger partial charge is 0.497 e. The molecule has 0 bridgehead atoms. The number of anilines is 1. The fourth-order valence-electron chi connectivity index (χ4n) is 3.30. The first-order valence-electron chi connectivity index (χ1n) is 10.5. The number of para-hydroxylation sites is 1. The van der Waals surface area contributed by atoms with Gasteiger partial charge in [0.25, 0.3) is 5.91 Å². The Morgan fingerprint density at radius 2 is 1.75 bits per heavy atom. The van der Waals surface area contributed by atoms with Crippen molar-refractivity contribution in [2.45, 2.75) is 45.3 Å². The molecule has 0 aliphatic carbocycles. The highest BCUT2D eigenvalue weighted by atomic mass is 16.5. The van der Waals surface area contributed by atoms with Crippen LogP contribution in [0.25, 0.3) is 0 Å². The minimum Gasteiger partial charge on any atom is -0.497 e. The van der Waals surface area contributed by atoms with E-state index < -0.39 is 17.9 Å². The van der Waals surface area contributed by atoms with E-state index in [1.165, 1.54) is 5.01 Å². The maximum atomic E-state index is 13.0. The van der Waals surface area contributed by atoms with Crippen molar-refractivity contribution in [3.8, 4) is 5.75 Å². The number of esters is 1. The molecule has 0 aromatic heterocycles. The van der Waals surface area contributed by atoms with E-state index >= 15 is 0 Å². The smallest absolute Gasteiger partial charge is 0.308 e. The summed E-state index contributed by atoms with van der Waals surface area (Å²) in [6, 6.07) is 15.4. The van der Waals surface area contributed by atoms with Crippen LogP contribution in [0.15, 0.2) is 59.7 Å². The molecule has 1 aliphatic rings. The van der Waals surface area contributed by atoms with Gasteiger partial charge in [-0.15, -0.1) is 0 Å². The number of carbonyl (C=O) groups is 3. The van der Waals surface area contributed by atoms with Gasteiger partial charge in [0.05, 0.1) is 31.4 Å². The average molecular weight is 437 g/mol. The monoisotopic (exact) mass is 437 g/mol. The van der Waals surface area contributed by atoms with Gasteiger partial charge in [-0.25, -0.2) is 5.01 Å². The Kier molecular flexibility index (Phi) is 7.59. The Morgan fingerprint density at radius 1 is 1.06 bits per heavy atom.